The molecule has 0 radical (unpaired) electrons. The number of anilines is 1. The normalized spacial score (nSPS) is 27.1. The molecule has 4 atom stereocenters. The number of aliphatic hydroxyl groups is 2. The minimum Gasteiger partial charge on any atom is -0.463 e. The van der Waals surface area contributed by atoms with Crippen LogP contribution in [-0.2, 0) is 29.0 Å². The van der Waals surface area contributed by atoms with Crippen molar-refractivity contribution in [3.63, 3.8) is 0 Å². The van der Waals surface area contributed by atoms with Crippen LogP contribution in [-0.4, -0.2) is 67.7 Å². The molecular weight excluding hydrogens is 457 g/mol. The fourth-order valence-electron chi connectivity index (χ4n) is 3.47. The molecule has 0 amide bonds. The van der Waals surface area contributed by atoms with Crippen LogP contribution in [0.1, 0.15) is 19.8 Å². The molecule has 31 heavy (non-hydrogen) atoms. The summed E-state index contributed by atoms with van der Waals surface area (Å²) in [5, 5.41) is 17.5. The summed E-state index contributed by atoms with van der Waals surface area (Å²) in [7, 11) is -4.19. The van der Waals surface area contributed by atoms with Crippen LogP contribution in [0.4, 0.5) is 10.1 Å². The van der Waals surface area contributed by atoms with Gasteiger partial charge in [0.15, 0.2) is 5.79 Å². The Morgan fingerprint density at radius 3 is 2.87 bits per heavy atom. The molecule has 2 unspecified atom stereocenters. The smallest absolute Gasteiger partial charge is 0.335 e. The third kappa shape index (κ3) is 5.18. The van der Waals surface area contributed by atoms with Crippen molar-refractivity contribution < 1.29 is 42.0 Å². The zero-order valence-corrected chi connectivity index (χ0v) is 18.2. The lowest BCUT2D eigenvalue weighted by atomic mass is 9.94. The molecule has 3 N–H and O–H groups in total. The lowest BCUT2D eigenvalue weighted by molar-refractivity contribution is -0.156. The summed E-state index contributed by atoms with van der Waals surface area (Å²) < 4.78 is 58.1. The molecule has 1 fully saturated rings. The number of carbonyl (C=O) groups is 1. The molecule has 0 aromatic heterocycles. The van der Waals surface area contributed by atoms with Crippen molar-refractivity contribution in [1.82, 2.24) is 0 Å². The van der Waals surface area contributed by atoms with Gasteiger partial charge in [-0.1, -0.05) is 11.6 Å². The first-order valence-corrected chi connectivity index (χ1v) is 11.5. The molecule has 9 nitrogen and oxygen atoms in total. The summed E-state index contributed by atoms with van der Waals surface area (Å²) in [6.45, 7) is 1.00. The van der Waals surface area contributed by atoms with Gasteiger partial charge in [-0.15, -0.1) is 0 Å². The third-order valence-electron chi connectivity index (χ3n) is 5.01. The van der Waals surface area contributed by atoms with E-state index in [4.69, 9.17) is 30.9 Å². The molecular formula is C19H23ClFNO8S. The maximum Gasteiger partial charge on any atom is 0.335 e. The number of halogens is 2. The van der Waals surface area contributed by atoms with Crippen LogP contribution in [0.15, 0.2) is 29.8 Å². The Morgan fingerprint density at radius 1 is 1.48 bits per heavy atom. The summed E-state index contributed by atoms with van der Waals surface area (Å²) in [5.74, 6) is -2.92. The van der Waals surface area contributed by atoms with Crippen LogP contribution in [0.3, 0.4) is 0 Å². The van der Waals surface area contributed by atoms with E-state index in [0.29, 0.717) is 0 Å². The molecule has 2 aliphatic rings. The molecule has 1 aromatic carbocycles. The molecule has 3 rings (SSSR count). The highest BCUT2D eigenvalue weighted by molar-refractivity contribution is 7.93. The van der Waals surface area contributed by atoms with Crippen molar-refractivity contribution in [2.24, 2.45) is 0 Å². The fraction of sp³-hybridized carbons (Fsp3) is 0.526. The van der Waals surface area contributed by atoms with Crippen LogP contribution in [0.2, 0.25) is 5.02 Å². The molecule has 1 heterocycles. The van der Waals surface area contributed by atoms with Gasteiger partial charge in [-0.05, 0) is 37.6 Å². The number of carbonyl (C=O) groups excluding carboxylic acids is 1. The van der Waals surface area contributed by atoms with E-state index < -0.39 is 51.7 Å². The van der Waals surface area contributed by atoms with Gasteiger partial charge in [0.2, 0.25) is 10.0 Å². The number of rotatable bonds is 7. The van der Waals surface area contributed by atoms with Crippen LogP contribution < -0.4 is 4.72 Å². The van der Waals surface area contributed by atoms with Gasteiger partial charge in [-0.25, -0.2) is 17.6 Å². The largest absolute Gasteiger partial charge is 0.463 e. The zero-order valence-electron chi connectivity index (χ0n) is 16.6. The van der Waals surface area contributed by atoms with E-state index in [2.05, 4.69) is 4.72 Å². The van der Waals surface area contributed by atoms with Gasteiger partial charge >= 0.3 is 5.97 Å². The highest BCUT2D eigenvalue weighted by atomic mass is 35.5. The van der Waals surface area contributed by atoms with Crippen LogP contribution in [0.5, 0.6) is 0 Å². The molecule has 172 valence electrons. The minimum atomic E-state index is -4.19. The number of hydrogen-bond donors (Lipinski definition) is 3. The Morgan fingerprint density at radius 2 is 2.23 bits per heavy atom. The van der Waals surface area contributed by atoms with Crippen molar-refractivity contribution in [3.05, 3.63) is 40.7 Å². The maximum atomic E-state index is 13.3. The van der Waals surface area contributed by atoms with E-state index in [0.717, 1.165) is 12.1 Å². The Bertz CT molecular complexity index is 972. The van der Waals surface area contributed by atoms with Crippen LogP contribution >= 0.6 is 11.6 Å². The quantitative estimate of drug-likeness (QED) is 0.499. The molecule has 0 bridgehead atoms. The number of nitrogens with one attached hydrogen (secondary N) is 1. The summed E-state index contributed by atoms with van der Waals surface area (Å²) in [5.41, 5.74) is -0.232. The fourth-order valence-corrected chi connectivity index (χ4v) is 5.30. The number of benzene rings is 1. The van der Waals surface area contributed by atoms with E-state index in [9.17, 15) is 22.7 Å². The second-order valence-electron chi connectivity index (χ2n) is 7.15. The van der Waals surface area contributed by atoms with Gasteiger partial charge in [0.1, 0.15) is 23.3 Å². The number of ether oxygens (including phenoxy) is 3. The minimum absolute atomic E-state index is 0.0146. The molecule has 1 spiro atoms. The van der Waals surface area contributed by atoms with Gasteiger partial charge in [0.25, 0.3) is 0 Å². The van der Waals surface area contributed by atoms with E-state index in [1.807, 2.05) is 0 Å². The summed E-state index contributed by atoms with van der Waals surface area (Å²) in [6.07, 6.45) is -0.792. The molecule has 1 saturated heterocycles. The highest BCUT2D eigenvalue weighted by Crippen LogP contribution is 2.40. The van der Waals surface area contributed by atoms with Crippen molar-refractivity contribution in [3.8, 4) is 0 Å². The monoisotopic (exact) mass is 479 g/mol. The molecule has 12 heteroatoms. The van der Waals surface area contributed by atoms with E-state index in [1.165, 1.54) is 12.1 Å². The Labute approximate surface area is 183 Å². The lowest BCUT2D eigenvalue weighted by Crippen LogP contribution is -2.43. The second-order valence-corrected chi connectivity index (χ2v) is 9.42. The Balaban J connectivity index is 1.91. The predicted molar refractivity (Wildman–Crippen MR) is 108 cm³/mol. The van der Waals surface area contributed by atoms with E-state index in [-0.39, 0.29) is 42.3 Å². The van der Waals surface area contributed by atoms with Crippen molar-refractivity contribution >= 4 is 33.3 Å². The van der Waals surface area contributed by atoms with Crippen molar-refractivity contribution in [2.45, 2.75) is 43.0 Å². The highest BCUT2D eigenvalue weighted by Gasteiger charge is 2.49. The number of aliphatic hydroxyl groups excluding tert-OH is 2. The number of sulfonamides is 1. The molecule has 1 aliphatic heterocycles. The van der Waals surface area contributed by atoms with Crippen molar-refractivity contribution in [2.75, 3.05) is 24.5 Å². The standard InChI is InChI=1S/C19H23ClFNO8S/c1-2-28-18(25)12-8-19(29-10-16(30-19)15(24)9-23)6-5-17(12)31(26,27)22-14-4-3-11(21)7-13(14)20/h3-4,7-8,15-17,22-24H,2,5-6,9-10H2,1H3/t15-,16-,17?,19?/m1/s1. The predicted octanol–water partition coefficient (Wildman–Crippen LogP) is 1.34. The topological polar surface area (TPSA) is 131 Å². The Hall–Kier alpha value is -1.76. The van der Waals surface area contributed by atoms with Crippen molar-refractivity contribution in [1.29, 1.82) is 0 Å². The maximum absolute atomic E-state index is 13.3. The number of esters is 1. The van der Waals surface area contributed by atoms with Gasteiger partial charge in [0, 0.05) is 6.42 Å². The van der Waals surface area contributed by atoms with Crippen LogP contribution in [0, 0.1) is 5.82 Å². The first-order valence-electron chi connectivity index (χ1n) is 9.58. The zero-order chi connectivity index (χ0) is 22.8. The second kappa shape index (κ2) is 9.39. The molecule has 1 aromatic rings. The number of hydrogen-bond acceptors (Lipinski definition) is 8. The average Bonchev–Trinajstić information content (AvgIpc) is 3.12. The average molecular weight is 480 g/mol. The molecule has 0 saturated carbocycles. The first kappa shape index (κ1) is 23.9. The first-order chi connectivity index (χ1) is 14.6. The Kier molecular flexibility index (Phi) is 7.24. The van der Waals surface area contributed by atoms with Crippen LogP contribution in [0.25, 0.3) is 0 Å². The summed E-state index contributed by atoms with van der Waals surface area (Å²) >= 11 is 5.92. The van der Waals surface area contributed by atoms with Gasteiger partial charge in [-0.3, -0.25) is 4.72 Å². The third-order valence-corrected chi connectivity index (χ3v) is 7.06. The summed E-state index contributed by atoms with van der Waals surface area (Å²) in [4.78, 5) is 12.6. The van der Waals surface area contributed by atoms with E-state index >= 15 is 0 Å². The van der Waals surface area contributed by atoms with E-state index in [1.54, 1.807) is 6.92 Å². The summed E-state index contributed by atoms with van der Waals surface area (Å²) in [6, 6.07) is 3.19. The lowest BCUT2D eigenvalue weighted by Gasteiger charge is -2.33. The van der Waals surface area contributed by atoms with Gasteiger partial charge < -0.3 is 24.4 Å². The van der Waals surface area contributed by atoms with Gasteiger partial charge in [0.05, 0.1) is 36.1 Å². The SMILES string of the molecule is CCOC(=O)C1=CC2(CCC1S(=O)(=O)Nc1ccc(F)cc1Cl)OC[C@H]([C@H](O)CO)O2. The molecule has 1 aliphatic carbocycles. The van der Waals surface area contributed by atoms with Gasteiger partial charge in [-0.2, -0.15) is 0 Å².